The van der Waals surface area contributed by atoms with Crippen LogP contribution in [0.5, 0.6) is 6.01 Å². The number of ether oxygens (including phenoxy) is 1. The molecule has 2 rings (SSSR count). The smallest absolute Gasteiger partial charge is 0.316 e. The van der Waals surface area contributed by atoms with Gasteiger partial charge in [-0.3, -0.25) is 0 Å². The van der Waals surface area contributed by atoms with Crippen LogP contribution in [0.1, 0.15) is 22.4 Å². The second-order valence-corrected chi connectivity index (χ2v) is 4.65. The van der Waals surface area contributed by atoms with Gasteiger partial charge < -0.3 is 4.74 Å². The Hall–Kier alpha value is -1.90. The van der Waals surface area contributed by atoms with Crippen LogP contribution in [0.15, 0.2) is 18.2 Å². The van der Waals surface area contributed by atoms with Gasteiger partial charge in [-0.2, -0.15) is 4.98 Å². The van der Waals surface area contributed by atoms with Crippen molar-refractivity contribution in [2.75, 3.05) is 7.11 Å². The standard InChI is InChI=1S/C15H18N2O/c1-9-6-10(2)14(11(3)7-9)13-8-12(4)16-15(17-13)18-5/h6-8H,1-5H3. The summed E-state index contributed by atoms with van der Waals surface area (Å²) in [7, 11) is 1.59. The minimum absolute atomic E-state index is 0.421. The molecule has 3 heteroatoms. The summed E-state index contributed by atoms with van der Waals surface area (Å²) < 4.78 is 5.14. The third-order valence-corrected chi connectivity index (χ3v) is 2.95. The van der Waals surface area contributed by atoms with Crippen molar-refractivity contribution in [3.63, 3.8) is 0 Å². The number of aromatic nitrogens is 2. The van der Waals surface area contributed by atoms with Crippen LogP contribution >= 0.6 is 0 Å². The Balaban J connectivity index is 2.65. The molecule has 1 aromatic heterocycles. The number of rotatable bonds is 2. The van der Waals surface area contributed by atoms with Gasteiger partial charge >= 0.3 is 6.01 Å². The zero-order chi connectivity index (χ0) is 13.3. The fourth-order valence-electron chi connectivity index (χ4n) is 2.34. The zero-order valence-electron chi connectivity index (χ0n) is 11.5. The predicted octanol–water partition coefficient (Wildman–Crippen LogP) is 3.39. The van der Waals surface area contributed by atoms with Crippen molar-refractivity contribution in [1.29, 1.82) is 0 Å². The summed E-state index contributed by atoms with van der Waals surface area (Å²) in [4.78, 5) is 8.66. The lowest BCUT2D eigenvalue weighted by molar-refractivity contribution is 0.379. The molecule has 18 heavy (non-hydrogen) atoms. The van der Waals surface area contributed by atoms with Crippen molar-refractivity contribution in [2.45, 2.75) is 27.7 Å². The van der Waals surface area contributed by atoms with E-state index in [1.807, 2.05) is 13.0 Å². The number of nitrogens with zero attached hydrogens (tertiary/aromatic N) is 2. The molecule has 0 atom stereocenters. The Morgan fingerprint density at radius 1 is 0.889 bits per heavy atom. The van der Waals surface area contributed by atoms with Gasteiger partial charge in [0.15, 0.2) is 0 Å². The van der Waals surface area contributed by atoms with E-state index in [-0.39, 0.29) is 0 Å². The fraction of sp³-hybridized carbons (Fsp3) is 0.333. The van der Waals surface area contributed by atoms with Gasteiger partial charge in [-0.25, -0.2) is 4.98 Å². The van der Waals surface area contributed by atoms with Crippen LogP contribution in [-0.4, -0.2) is 17.1 Å². The third kappa shape index (κ3) is 2.35. The summed E-state index contributed by atoms with van der Waals surface area (Å²) in [5, 5.41) is 0. The van der Waals surface area contributed by atoms with Gasteiger partial charge in [-0.1, -0.05) is 17.7 Å². The Labute approximate surface area is 108 Å². The van der Waals surface area contributed by atoms with Crippen LogP contribution < -0.4 is 4.74 Å². The molecule has 1 heterocycles. The van der Waals surface area contributed by atoms with Crippen LogP contribution in [0.25, 0.3) is 11.3 Å². The largest absolute Gasteiger partial charge is 0.467 e. The Morgan fingerprint density at radius 3 is 2.06 bits per heavy atom. The van der Waals surface area contributed by atoms with Crippen LogP contribution in [0.2, 0.25) is 0 Å². The first-order valence-corrected chi connectivity index (χ1v) is 5.99. The molecule has 1 aromatic carbocycles. The molecule has 0 saturated carbocycles. The lowest BCUT2D eigenvalue weighted by Crippen LogP contribution is -1.98. The first kappa shape index (κ1) is 12.6. The Bertz CT molecular complexity index is 568. The van der Waals surface area contributed by atoms with Gasteiger partial charge in [-0.05, 0) is 44.9 Å². The van der Waals surface area contributed by atoms with E-state index in [9.17, 15) is 0 Å². The number of benzene rings is 1. The molecule has 0 spiro atoms. The van der Waals surface area contributed by atoms with Crippen LogP contribution in [0, 0.1) is 27.7 Å². The molecule has 0 radical (unpaired) electrons. The van der Waals surface area contributed by atoms with Crippen molar-refractivity contribution in [1.82, 2.24) is 9.97 Å². The second-order valence-electron chi connectivity index (χ2n) is 4.65. The highest BCUT2D eigenvalue weighted by Gasteiger charge is 2.10. The molecule has 94 valence electrons. The van der Waals surface area contributed by atoms with Gasteiger partial charge in [0, 0.05) is 11.3 Å². The molecule has 0 aliphatic rings. The summed E-state index contributed by atoms with van der Waals surface area (Å²) >= 11 is 0. The van der Waals surface area contributed by atoms with Crippen molar-refractivity contribution in [3.05, 3.63) is 40.6 Å². The van der Waals surface area contributed by atoms with Crippen LogP contribution in [0.3, 0.4) is 0 Å². The first-order valence-electron chi connectivity index (χ1n) is 5.99. The SMILES string of the molecule is COc1nc(C)cc(-c2c(C)cc(C)cc2C)n1. The summed E-state index contributed by atoms with van der Waals surface area (Å²) in [5.41, 5.74) is 6.74. The lowest BCUT2D eigenvalue weighted by atomic mass is 9.97. The zero-order valence-corrected chi connectivity index (χ0v) is 11.5. The maximum absolute atomic E-state index is 5.14. The van der Waals surface area contributed by atoms with Gasteiger partial charge in [0.25, 0.3) is 0 Å². The average molecular weight is 242 g/mol. The predicted molar refractivity (Wildman–Crippen MR) is 73.0 cm³/mol. The lowest BCUT2D eigenvalue weighted by Gasteiger charge is -2.12. The summed E-state index contributed by atoms with van der Waals surface area (Å²) in [6, 6.07) is 6.76. The first-order chi connectivity index (χ1) is 8.51. The molecule has 3 nitrogen and oxygen atoms in total. The van der Waals surface area contributed by atoms with E-state index in [0.717, 1.165) is 11.4 Å². The van der Waals surface area contributed by atoms with E-state index in [1.165, 1.54) is 22.3 Å². The molecule has 0 amide bonds. The maximum atomic E-state index is 5.14. The molecular formula is C15H18N2O. The molecule has 0 unspecified atom stereocenters. The monoisotopic (exact) mass is 242 g/mol. The Morgan fingerprint density at radius 2 is 1.50 bits per heavy atom. The van der Waals surface area contributed by atoms with E-state index >= 15 is 0 Å². The summed E-state index contributed by atoms with van der Waals surface area (Å²) in [6.07, 6.45) is 0. The molecule has 0 N–H and O–H groups in total. The molecule has 0 bridgehead atoms. The number of hydrogen-bond acceptors (Lipinski definition) is 3. The normalized spacial score (nSPS) is 10.5. The minimum atomic E-state index is 0.421. The van der Waals surface area contributed by atoms with E-state index in [4.69, 9.17) is 4.74 Å². The summed E-state index contributed by atoms with van der Waals surface area (Å²) in [6.45, 7) is 8.28. The van der Waals surface area contributed by atoms with E-state index in [0.29, 0.717) is 6.01 Å². The van der Waals surface area contributed by atoms with Crippen molar-refractivity contribution in [3.8, 4) is 17.3 Å². The average Bonchev–Trinajstić information content (AvgIpc) is 2.26. The quantitative estimate of drug-likeness (QED) is 0.809. The second kappa shape index (κ2) is 4.77. The molecule has 2 aromatic rings. The van der Waals surface area contributed by atoms with Gasteiger partial charge in [0.05, 0.1) is 12.8 Å². The highest BCUT2D eigenvalue weighted by Crippen LogP contribution is 2.28. The molecular weight excluding hydrogens is 224 g/mol. The highest BCUT2D eigenvalue weighted by molar-refractivity contribution is 5.68. The molecule has 0 aliphatic carbocycles. The minimum Gasteiger partial charge on any atom is -0.467 e. The van der Waals surface area contributed by atoms with Gasteiger partial charge in [0.1, 0.15) is 0 Å². The van der Waals surface area contributed by atoms with E-state index < -0.39 is 0 Å². The highest BCUT2D eigenvalue weighted by atomic mass is 16.5. The van der Waals surface area contributed by atoms with E-state index in [1.54, 1.807) is 7.11 Å². The number of hydrogen-bond donors (Lipinski definition) is 0. The molecule has 0 saturated heterocycles. The van der Waals surface area contributed by atoms with E-state index in [2.05, 4.69) is 42.9 Å². The number of methoxy groups -OCH3 is 1. The Kier molecular flexibility index (Phi) is 3.32. The number of aryl methyl sites for hydroxylation is 4. The van der Waals surface area contributed by atoms with Crippen LogP contribution in [-0.2, 0) is 0 Å². The topological polar surface area (TPSA) is 35.0 Å². The molecule has 0 fully saturated rings. The van der Waals surface area contributed by atoms with Gasteiger partial charge in [0.2, 0.25) is 0 Å². The van der Waals surface area contributed by atoms with Crippen LogP contribution in [0.4, 0.5) is 0 Å². The van der Waals surface area contributed by atoms with Crippen molar-refractivity contribution >= 4 is 0 Å². The van der Waals surface area contributed by atoms with Crippen molar-refractivity contribution < 1.29 is 4.74 Å². The molecule has 0 aliphatic heterocycles. The van der Waals surface area contributed by atoms with Crippen molar-refractivity contribution in [2.24, 2.45) is 0 Å². The third-order valence-electron chi connectivity index (χ3n) is 2.95. The maximum Gasteiger partial charge on any atom is 0.316 e. The fourth-order valence-corrected chi connectivity index (χ4v) is 2.34. The summed E-state index contributed by atoms with van der Waals surface area (Å²) in [5.74, 6) is 0. The van der Waals surface area contributed by atoms with Gasteiger partial charge in [-0.15, -0.1) is 0 Å².